The number of rotatable bonds is 2. The molecule has 0 saturated heterocycles. The van der Waals surface area contributed by atoms with Crippen molar-refractivity contribution in [1.29, 1.82) is 0 Å². The molecule has 0 amide bonds. The van der Waals surface area contributed by atoms with Gasteiger partial charge in [-0.25, -0.2) is 4.98 Å². The van der Waals surface area contributed by atoms with E-state index in [0.29, 0.717) is 5.03 Å². The molecule has 2 rings (SSSR count). The maximum atomic E-state index is 6.22. The number of hydrogen-bond acceptors (Lipinski definition) is 1. The molecule has 0 N–H and O–H groups in total. The van der Waals surface area contributed by atoms with Gasteiger partial charge in [0, 0.05) is 33.1 Å². The Kier molecular flexibility index (Phi) is 3.84. The minimum Gasteiger partial charge on any atom is -0.312 e. The number of nitrogens with zero attached hydrogens (tertiary/aromatic N) is 2. The fourth-order valence-corrected chi connectivity index (χ4v) is 2.88. The second kappa shape index (κ2) is 5.17. The smallest absolute Gasteiger partial charge is 0.0987 e. The van der Waals surface area contributed by atoms with E-state index in [2.05, 4.69) is 36.8 Å². The van der Waals surface area contributed by atoms with Crippen molar-refractivity contribution in [3.05, 3.63) is 51.4 Å². The van der Waals surface area contributed by atoms with Crippen LogP contribution in [0, 0.1) is 0 Å². The van der Waals surface area contributed by atoms with Gasteiger partial charge in [-0.15, -0.1) is 0 Å². The molecule has 16 heavy (non-hydrogen) atoms. The molecule has 2 nitrogen and oxygen atoms in total. The Hall–Kier alpha value is -0.580. The van der Waals surface area contributed by atoms with Crippen LogP contribution in [-0.4, -0.2) is 9.55 Å². The zero-order chi connectivity index (χ0) is 11.5. The topological polar surface area (TPSA) is 17.8 Å². The van der Waals surface area contributed by atoms with Gasteiger partial charge in [0.15, 0.2) is 0 Å². The zero-order valence-electron chi connectivity index (χ0n) is 8.07. The zero-order valence-corrected chi connectivity index (χ0v) is 12.0. The van der Waals surface area contributed by atoms with Crippen LogP contribution in [0.5, 0.6) is 0 Å². The molecule has 0 radical (unpaired) electrons. The van der Waals surface area contributed by atoms with E-state index < -0.39 is 0 Å². The first-order chi connectivity index (χ1) is 7.66. The van der Waals surface area contributed by atoms with Gasteiger partial charge in [-0.2, -0.15) is 0 Å². The summed E-state index contributed by atoms with van der Waals surface area (Å²) in [6.07, 6.45) is 7.03. The molecule has 0 aliphatic carbocycles. The van der Waals surface area contributed by atoms with Crippen LogP contribution in [0.1, 0.15) is 5.56 Å². The highest BCUT2D eigenvalue weighted by molar-refractivity contribution is 9.11. The lowest BCUT2D eigenvalue weighted by atomic mass is 10.2. The van der Waals surface area contributed by atoms with Crippen LogP contribution in [0.4, 0.5) is 0 Å². The third-order valence-electron chi connectivity index (χ3n) is 1.98. The molecular formula is C11H7Br2ClN2. The summed E-state index contributed by atoms with van der Waals surface area (Å²) in [5, 5.41) is 0.650. The van der Waals surface area contributed by atoms with Crippen LogP contribution < -0.4 is 0 Å². The van der Waals surface area contributed by atoms with Gasteiger partial charge in [-0.3, -0.25) is 0 Å². The minimum absolute atomic E-state index is 0.650. The largest absolute Gasteiger partial charge is 0.312 e. The predicted molar refractivity (Wildman–Crippen MR) is 74.1 cm³/mol. The van der Waals surface area contributed by atoms with Crippen LogP contribution in [0.3, 0.4) is 0 Å². The summed E-state index contributed by atoms with van der Waals surface area (Å²) >= 11 is 13.1. The molecule has 0 spiro atoms. The number of benzene rings is 1. The van der Waals surface area contributed by atoms with Gasteiger partial charge in [0.05, 0.1) is 11.4 Å². The van der Waals surface area contributed by atoms with Crippen LogP contribution in [-0.2, 0) is 0 Å². The van der Waals surface area contributed by atoms with E-state index in [0.717, 1.165) is 14.5 Å². The summed E-state index contributed by atoms with van der Waals surface area (Å²) in [6, 6.07) is 5.85. The first-order valence-electron chi connectivity index (χ1n) is 4.47. The average Bonchev–Trinajstić information content (AvgIpc) is 2.70. The molecule has 1 aromatic heterocycles. The van der Waals surface area contributed by atoms with Crippen molar-refractivity contribution in [3.8, 4) is 0 Å². The second-order valence-corrected chi connectivity index (χ2v) is 5.29. The quantitative estimate of drug-likeness (QED) is 0.763. The fraction of sp³-hybridized carbons (Fsp3) is 0. The maximum Gasteiger partial charge on any atom is 0.0987 e. The molecule has 0 aliphatic rings. The molecule has 0 atom stereocenters. The van der Waals surface area contributed by atoms with Crippen molar-refractivity contribution < 1.29 is 0 Å². The van der Waals surface area contributed by atoms with Crippen LogP contribution in [0.2, 0.25) is 0 Å². The predicted octanol–water partition coefficient (Wildman–Crippen LogP) is 4.60. The number of imidazole rings is 1. The number of hydrogen-bond donors (Lipinski definition) is 0. The number of aromatic nitrogens is 2. The van der Waals surface area contributed by atoms with Crippen molar-refractivity contribution in [2.24, 2.45) is 0 Å². The molecular weight excluding hydrogens is 355 g/mol. The maximum absolute atomic E-state index is 6.22. The van der Waals surface area contributed by atoms with Gasteiger partial charge >= 0.3 is 0 Å². The molecule has 0 unspecified atom stereocenters. The normalized spacial score (nSPS) is 11.8. The van der Waals surface area contributed by atoms with Crippen LogP contribution in [0.15, 0.2) is 45.9 Å². The Morgan fingerprint density at radius 3 is 2.81 bits per heavy atom. The lowest BCUT2D eigenvalue weighted by Gasteiger charge is -2.03. The summed E-state index contributed by atoms with van der Waals surface area (Å²) in [4.78, 5) is 3.95. The SMILES string of the molecule is Cl/C(=C\n1ccnc1)c1ccc(Br)cc1Br. The van der Waals surface area contributed by atoms with E-state index in [4.69, 9.17) is 11.6 Å². The molecule has 1 heterocycles. The summed E-state index contributed by atoms with van der Waals surface area (Å²) in [6.45, 7) is 0. The van der Waals surface area contributed by atoms with E-state index in [1.807, 2.05) is 30.6 Å². The van der Waals surface area contributed by atoms with Gasteiger partial charge in [0.1, 0.15) is 0 Å². The Balaban J connectivity index is 2.37. The van der Waals surface area contributed by atoms with Crippen molar-refractivity contribution in [1.82, 2.24) is 9.55 Å². The lowest BCUT2D eigenvalue weighted by Crippen LogP contribution is -1.84. The standard InChI is InChI=1S/C11H7Br2ClN2/c12-8-1-2-9(10(13)5-8)11(14)6-16-4-3-15-7-16/h1-7H/b11-6-. The summed E-state index contributed by atoms with van der Waals surface area (Å²) in [5.41, 5.74) is 0.943. The first kappa shape index (κ1) is 11.9. The molecule has 0 saturated carbocycles. The molecule has 0 fully saturated rings. The molecule has 5 heteroatoms. The third kappa shape index (κ3) is 2.75. The van der Waals surface area contributed by atoms with E-state index in [9.17, 15) is 0 Å². The van der Waals surface area contributed by atoms with Gasteiger partial charge < -0.3 is 4.57 Å². The molecule has 2 aromatic rings. The molecule has 0 bridgehead atoms. The Bertz CT molecular complexity index is 521. The van der Waals surface area contributed by atoms with E-state index in [-0.39, 0.29) is 0 Å². The molecule has 82 valence electrons. The van der Waals surface area contributed by atoms with E-state index in [1.165, 1.54) is 0 Å². The van der Waals surface area contributed by atoms with Crippen LogP contribution >= 0.6 is 43.5 Å². The minimum atomic E-state index is 0.650. The highest BCUT2D eigenvalue weighted by atomic mass is 79.9. The van der Waals surface area contributed by atoms with Crippen molar-refractivity contribution in [2.75, 3.05) is 0 Å². The van der Waals surface area contributed by atoms with Gasteiger partial charge in [0.25, 0.3) is 0 Å². The Morgan fingerprint density at radius 2 is 2.19 bits per heavy atom. The van der Waals surface area contributed by atoms with Crippen molar-refractivity contribution in [3.63, 3.8) is 0 Å². The summed E-state index contributed by atoms with van der Waals surface area (Å²) in [5.74, 6) is 0. The van der Waals surface area contributed by atoms with Gasteiger partial charge in [0.2, 0.25) is 0 Å². The summed E-state index contributed by atoms with van der Waals surface area (Å²) in [7, 11) is 0. The molecule has 1 aromatic carbocycles. The van der Waals surface area contributed by atoms with Crippen LogP contribution in [0.25, 0.3) is 11.2 Å². The highest BCUT2D eigenvalue weighted by Crippen LogP contribution is 2.30. The third-order valence-corrected chi connectivity index (χ3v) is 3.43. The van der Waals surface area contributed by atoms with Gasteiger partial charge in [-0.05, 0) is 12.1 Å². The lowest BCUT2D eigenvalue weighted by molar-refractivity contribution is 1.14. The second-order valence-electron chi connectivity index (χ2n) is 3.11. The van der Waals surface area contributed by atoms with E-state index in [1.54, 1.807) is 17.1 Å². The Morgan fingerprint density at radius 1 is 1.38 bits per heavy atom. The van der Waals surface area contributed by atoms with Crippen molar-refractivity contribution in [2.45, 2.75) is 0 Å². The first-order valence-corrected chi connectivity index (χ1v) is 6.43. The highest BCUT2D eigenvalue weighted by Gasteiger charge is 2.04. The van der Waals surface area contributed by atoms with Crippen molar-refractivity contribution >= 4 is 54.7 Å². The molecule has 0 aliphatic heterocycles. The Labute approximate surface area is 115 Å². The average molecular weight is 362 g/mol. The van der Waals surface area contributed by atoms with E-state index >= 15 is 0 Å². The van der Waals surface area contributed by atoms with Gasteiger partial charge in [-0.1, -0.05) is 49.5 Å². The fourth-order valence-electron chi connectivity index (χ4n) is 1.23. The summed E-state index contributed by atoms with van der Waals surface area (Å²) < 4.78 is 3.76. The monoisotopic (exact) mass is 360 g/mol. The number of halogens is 3.